The lowest BCUT2D eigenvalue weighted by Gasteiger charge is -2.11. The second-order valence-corrected chi connectivity index (χ2v) is 8.03. The minimum Gasteiger partial charge on any atom is -0.462 e. The quantitative estimate of drug-likeness (QED) is 0.410. The van der Waals surface area contributed by atoms with Crippen molar-refractivity contribution in [2.24, 2.45) is 0 Å². The lowest BCUT2D eigenvalue weighted by molar-refractivity contribution is -0.121. The highest BCUT2D eigenvalue weighted by atomic mass is 32.2. The minimum absolute atomic E-state index is 0.0407. The minimum atomic E-state index is -0.325. The monoisotopic (exact) mass is 414 g/mol. The first-order chi connectivity index (χ1) is 13.4. The molecule has 1 aliphatic rings. The third kappa shape index (κ3) is 3.77. The van der Waals surface area contributed by atoms with Gasteiger partial charge in [-0.15, -0.1) is 0 Å². The fourth-order valence-electron chi connectivity index (χ4n) is 3.21. The summed E-state index contributed by atoms with van der Waals surface area (Å²) >= 11 is 6.63. The molecule has 0 bridgehead atoms. The molecule has 2 aromatic rings. The summed E-state index contributed by atoms with van der Waals surface area (Å²) in [5, 5.41) is 0. The highest BCUT2D eigenvalue weighted by Crippen LogP contribution is 2.33. The molecule has 2 heterocycles. The Balaban J connectivity index is 1.93. The summed E-state index contributed by atoms with van der Waals surface area (Å²) in [6.07, 6.45) is 1.90. The summed E-state index contributed by atoms with van der Waals surface area (Å²) < 4.78 is 7.73. The largest absolute Gasteiger partial charge is 0.462 e. The number of aromatic nitrogens is 1. The van der Waals surface area contributed by atoms with Gasteiger partial charge in [0.15, 0.2) is 0 Å². The molecule has 0 N–H and O–H groups in total. The molecule has 0 saturated carbocycles. The van der Waals surface area contributed by atoms with Gasteiger partial charge in [-0.25, -0.2) is 4.79 Å². The Bertz CT molecular complexity index is 974. The van der Waals surface area contributed by atoms with Gasteiger partial charge in [-0.3, -0.25) is 9.69 Å². The topological polar surface area (TPSA) is 51.5 Å². The van der Waals surface area contributed by atoms with E-state index in [2.05, 4.69) is 4.57 Å². The van der Waals surface area contributed by atoms with Crippen LogP contribution < -0.4 is 0 Å². The lowest BCUT2D eigenvalue weighted by atomic mass is 10.2. The van der Waals surface area contributed by atoms with Crippen LogP contribution in [-0.4, -0.2) is 38.8 Å². The van der Waals surface area contributed by atoms with E-state index < -0.39 is 0 Å². The average molecular weight is 415 g/mol. The van der Waals surface area contributed by atoms with Crippen LogP contribution in [0.15, 0.2) is 35.2 Å². The summed E-state index contributed by atoms with van der Waals surface area (Å²) in [6.45, 7) is 8.66. The van der Waals surface area contributed by atoms with Gasteiger partial charge >= 0.3 is 5.97 Å². The molecule has 3 rings (SSSR count). The van der Waals surface area contributed by atoms with Gasteiger partial charge in [0.25, 0.3) is 5.91 Å². The van der Waals surface area contributed by atoms with Crippen molar-refractivity contribution in [3.63, 3.8) is 0 Å². The molecule has 1 amide bonds. The van der Waals surface area contributed by atoms with E-state index in [0.717, 1.165) is 22.6 Å². The zero-order chi connectivity index (χ0) is 20.4. The number of hydrogen-bond donors (Lipinski definition) is 0. The van der Waals surface area contributed by atoms with Crippen LogP contribution in [0.1, 0.15) is 41.2 Å². The number of hydrogen-bond acceptors (Lipinski definition) is 5. The number of carbonyl (C=O) groups excluding carboxylic acids is 2. The SMILES string of the molecule is CCOC(=O)c1ccc(-n2c(C)cc(/C=C3\SC(=S)N(CC)C3=O)c2C)cc1. The molecule has 7 heteroatoms. The molecule has 0 spiro atoms. The van der Waals surface area contributed by atoms with E-state index in [1.54, 1.807) is 24.0 Å². The first kappa shape index (κ1) is 20.4. The summed E-state index contributed by atoms with van der Waals surface area (Å²) in [5.74, 6) is -0.366. The lowest BCUT2D eigenvalue weighted by Crippen LogP contribution is -2.27. The maximum Gasteiger partial charge on any atom is 0.338 e. The van der Waals surface area contributed by atoms with Crippen LogP contribution in [0, 0.1) is 13.8 Å². The molecular formula is C21H22N2O3S2. The van der Waals surface area contributed by atoms with Gasteiger partial charge in [-0.05, 0) is 69.7 Å². The molecule has 0 unspecified atom stereocenters. The van der Waals surface area contributed by atoms with E-state index >= 15 is 0 Å². The molecule has 0 radical (unpaired) electrons. The number of carbonyl (C=O) groups is 2. The molecule has 1 aromatic carbocycles. The Hall–Kier alpha value is -2.38. The van der Waals surface area contributed by atoms with Crippen LogP contribution in [0.5, 0.6) is 0 Å². The molecule has 146 valence electrons. The van der Waals surface area contributed by atoms with Crippen molar-refractivity contribution >= 4 is 46.3 Å². The van der Waals surface area contributed by atoms with Crippen LogP contribution in [0.25, 0.3) is 11.8 Å². The first-order valence-electron chi connectivity index (χ1n) is 9.09. The number of esters is 1. The fourth-order valence-corrected chi connectivity index (χ4v) is 4.58. The zero-order valence-electron chi connectivity index (χ0n) is 16.3. The number of benzene rings is 1. The number of thiocarbonyl (C=S) groups is 1. The number of amides is 1. The molecule has 1 aliphatic heterocycles. The Morgan fingerprint density at radius 2 is 1.89 bits per heavy atom. The molecule has 5 nitrogen and oxygen atoms in total. The Morgan fingerprint density at radius 1 is 1.21 bits per heavy atom. The van der Waals surface area contributed by atoms with Crippen LogP contribution in [0.4, 0.5) is 0 Å². The standard InChI is InChI=1S/C21H22N2O3S2/c1-5-22-19(24)18(28-21(22)27)12-16-11-13(3)23(14(16)4)17-9-7-15(8-10-17)20(25)26-6-2/h7-12H,5-6H2,1-4H3/b18-12-. The number of nitrogens with zero attached hydrogens (tertiary/aromatic N) is 2. The Morgan fingerprint density at radius 3 is 2.46 bits per heavy atom. The predicted octanol–water partition coefficient (Wildman–Crippen LogP) is 4.49. The summed E-state index contributed by atoms with van der Waals surface area (Å²) in [4.78, 5) is 26.6. The highest BCUT2D eigenvalue weighted by Gasteiger charge is 2.30. The first-order valence-corrected chi connectivity index (χ1v) is 10.3. The van der Waals surface area contributed by atoms with Crippen molar-refractivity contribution in [2.45, 2.75) is 27.7 Å². The van der Waals surface area contributed by atoms with Crippen molar-refractivity contribution in [3.05, 3.63) is 57.8 Å². The van der Waals surface area contributed by atoms with Crippen molar-refractivity contribution in [1.29, 1.82) is 0 Å². The third-order valence-corrected chi connectivity index (χ3v) is 5.96. The molecular weight excluding hydrogens is 392 g/mol. The predicted molar refractivity (Wildman–Crippen MR) is 117 cm³/mol. The second kappa shape index (κ2) is 8.32. The van der Waals surface area contributed by atoms with Crippen LogP contribution in [0.2, 0.25) is 0 Å². The molecule has 0 atom stereocenters. The van der Waals surface area contributed by atoms with E-state index in [-0.39, 0.29) is 11.9 Å². The smallest absolute Gasteiger partial charge is 0.338 e. The van der Waals surface area contributed by atoms with E-state index in [4.69, 9.17) is 17.0 Å². The van der Waals surface area contributed by atoms with E-state index in [9.17, 15) is 9.59 Å². The van der Waals surface area contributed by atoms with Gasteiger partial charge in [-0.1, -0.05) is 24.0 Å². The van der Waals surface area contributed by atoms with Gasteiger partial charge in [0.2, 0.25) is 0 Å². The summed E-state index contributed by atoms with van der Waals surface area (Å²) in [6, 6.07) is 9.36. The normalized spacial score (nSPS) is 15.6. The van der Waals surface area contributed by atoms with Crippen LogP contribution in [-0.2, 0) is 9.53 Å². The van der Waals surface area contributed by atoms with Gasteiger partial charge < -0.3 is 9.30 Å². The zero-order valence-corrected chi connectivity index (χ0v) is 17.9. The van der Waals surface area contributed by atoms with Crippen molar-refractivity contribution in [3.8, 4) is 5.69 Å². The third-order valence-electron chi connectivity index (χ3n) is 4.58. The van der Waals surface area contributed by atoms with Crippen molar-refractivity contribution in [1.82, 2.24) is 9.47 Å². The van der Waals surface area contributed by atoms with Crippen molar-refractivity contribution in [2.75, 3.05) is 13.2 Å². The maximum atomic E-state index is 12.5. The number of aryl methyl sites for hydroxylation is 1. The van der Waals surface area contributed by atoms with E-state index in [0.29, 0.717) is 27.9 Å². The fraction of sp³-hybridized carbons (Fsp3) is 0.286. The van der Waals surface area contributed by atoms with Gasteiger partial charge in [0, 0.05) is 23.6 Å². The number of thioether (sulfide) groups is 1. The Kier molecular flexibility index (Phi) is 6.05. The second-order valence-electron chi connectivity index (χ2n) is 6.36. The molecule has 0 aliphatic carbocycles. The van der Waals surface area contributed by atoms with Gasteiger partial charge in [0.1, 0.15) is 4.32 Å². The molecule has 1 fully saturated rings. The molecule has 1 saturated heterocycles. The number of ether oxygens (including phenoxy) is 1. The van der Waals surface area contributed by atoms with Crippen molar-refractivity contribution < 1.29 is 14.3 Å². The number of likely N-dealkylation sites (N-methyl/N-ethyl adjacent to an activating group) is 1. The highest BCUT2D eigenvalue weighted by molar-refractivity contribution is 8.26. The van der Waals surface area contributed by atoms with E-state index in [1.165, 1.54) is 11.8 Å². The van der Waals surface area contributed by atoms with Gasteiger partial charge in [-0.2, -0.15) is 0 Å². The molecule has 1 aromatic heterocycles. The molecule has 28 heavy (non-hydrogen) atoms. The van der Waals surface area contributed by atoms with Crippen LogP contribution >= 0.6 is 24.0 Å². The Labute approximate surface area is 174 Å². The van der Waals surface area contributed by atoms with Gasteiger partial charge in [0.05, 0.1) is 17.1 Å². The summed E-state index contributed by atoms with van der Waals surface area (Å²) in [5.41, 5.74) is 4.51. The number of rotatable bonds is 5. The average Bonchev–Trinajstić information content (AvgIpc) is 3.10. The summed E-state index contributed by atoms with van der Waals surface area (Å²) in [7, 11) is 0. The van der Waals surface area contributed by atoms with E-state index in [1.807, 2.05) is 45.0 Å². The maximum absolute atomic E-state index is 12.5. The van der Waals surface area contributed by atoms with Crippen LogP contribution in [0.3, 0.4) is 0 Å².